The molecular formula is C17H15Cl2NO4. The van der Waals surface area contributed by atoms with Crippen LogP contribution < -0.4 is 10.1 Å². The van der Waals surface area contributed by atoms with E-state index in [-0.39, 0.29) is 13.2 Å². The van der Waals surface area contributed by atoms with Gasteiger partial charge in [0.2, 0.25) is 0 Å². The molecule has 2 aromatic rings. The molecule has 0 spiro atoms. The van der Waals surface area contributed by atoms with Gasteiger partial charge in [-0.15, -0.1) is 0 Å². The zero-order valence-corrected chi connectivity index (χ0v) is 14.4. The monoisotopic (exact) mass is 367 g/mol. The molecule has 0 aliphatic carbocycles. The Morgan fingerprint density at radius 2 is 1.92 bits per heavy atom. The molecule has 0 aromatic heterocycles. The van der Waals surface area contributed by atoms with Gasteiger partial charge in [-0.25, -0.2) is 4.79 Å². The van der Waals surface area contributed by atoms with Gasteiger partial charge in [0.15, 0.2) is 6.61 Å². The van der Waals surface area contributed by atoms with Gasteiger partial charge in [0.05, 0.1) is 22.9 Å². The van der Waals surface area contributed by atoms with Crippen LogP contribution in [0.15, 0.2) is 42.5 Å². The van der Waals surface area contributed by atoms with Crippen LogP contribution in [0.4, 0.5) is 5.69 Å². The smallest absolute Gasteiger partial charge is 0.338 e. The largest absolute Gasteiger partial charge is 0.484 e. The Hall–Kier alpha value is -2.24. The predicted octanol–water partition coefficient (Wildman–Crippen LogP) is 4.19. The van der Waals surface area contributed by atoms with Crippen LogP contribution in [-0.4, -0.2) is 25.1 Å². The van der Waals surface area contributed by atoms with Crippen LogP contribution in [0.1, 0.15) is 17.3 Å². The van der Waals surface area contributed by atoms with Crippen LogP contribution in [0.5, 0.6) is 5.75 Å². The fraction of sp³-hybridized carbons (Fsp3) is 0.176. The maximum atomic E-state index is 11.9. The first-order valence-corrected chi connectivity index (χ1v) is 7.90. The van der Waals surface area contributed by atoms with E-state index in [0.717, 1.165) is 0 Å². The van der Waals surface area contributed by atoms with Gasteiger partial charge >= 0.3 is 5.97 Å². The molecule has 0 fully saturated rings. The van der Waals surface area contributed by atoms with Crippen LogP contribution >= 0.6 is 23.2 Å². The Morgan fingerprint density at radius 1 is 1.12 bits per heavy atom. The SMILES string of the molecule is CCOC(=O)c1cccc(OCC(=O)Nc2cc(Cl)ccc2Cl)c1. The molecule has 126 valence electrons. The van der Waals surface area contributed by atoms with Crippen molar-refractivity contribution in [1.29, 1.82) is 0 Å². The molecule has 2 aromatic carbocycles. The standard InChI is InChI=1S/C17H15Cl2NO4/c1-2-23-17(22)11-4-3-5-13(8-11)24-10-16(21)20-15-9-12(18)6-7-14(15)19/h3-9H,2,10H2,1H3,(H,20,21). The molecule has 0 saturated carbocycles. The highest BCUT2D eigenvalue weighted by molar-refractivity contribution is 6.35. The lowest BCUT2D eigenvalue weighted by Gasteiger charge is -2.10. The Kier molecular flexibility index (Phi) is 6.46. The first-order chi connectivity index (χ1) is 11.5. The van der Waals surface area contributed by atoms with Crippen molar-refractivity contribution in [2.75, 3.05) is 18.5 Å². The fourth-order valence-electron chi connectivity index (χ4n) is 1.86. The molecule has 2 rings (SSSR count). The number of hydrogen-bond acceptors (Lipinski definition) is 4. The first-order valence-electron chi connectivity index (χ1n) is 7.14. The lowest BCUT2D eigenvalue weighted by Crippen LogP contribution is -2.20. The zero-order valence-electron chi connectivity index (χ0n) is 12.8. The second-order valence-electron chi connectivity index (χ2n) is 4.71. The van der Waals surface area contributed by atoms with Crippen molar-refractivity contribution >= 4 is 40.8 Å². The number of esters is 1. The van der Waals surface area contributed by atoms with Crippen LogP contribution in [0.25, 0.3) is 0 Å². The summed E-state index contributed by atoms with van der Waals surface area (Å²) >= 11 is 11.8. The second-order valence-corrected chi connectivity index (χ2v) is 5.55. The number of benzene rings is 2. The Labute approximate surface area is 149 Å². The number of ether oxygens (including phenoxy) is 2. The molecule has 0 atom stereocenters. The molecular weight excluding hydrogens is 353 g/mol. The number of carbonyl (C=O) groups is 2. The van der Waals surface area contributed by atoms with Gasteiger partial charge in [0, 0.05) is 5.02 Å². The number of rotatable bonds is 6. The summed E-state index contributed by atoms with van der Waals surface area (Å²) in [5, 5.41) is 3.44. The number of nitrogens with one attached hydrogen (secondary N) is 1. The van der Waals surface area contributed by atoms with Crippen molar-refractivity contribution in [3.05, 3.63) is 58.1 Å². The van der Waals surface area contributed by atoms with Crippen molar-refractivity contribution in [3.8, 4) is 5.75 Å². The summed E-state index contributed by atoms with van der Waals surface area (Å²) < 4.78 is 10.3. The van der Waals surface area contributed by atoms with Gasteiger partial charge in [-0.1, -0.05) is 29.3 Å². The molecule has 7 heteroatoms. The van der Waals surface area contributed by atoms with Gasteiger partial charge in [-0.3, -0.25) is 4.79 Å². The van der Waals surface area contributed by atoms with Crippen molar-refractivity contribution in [2.45, 2.75) is 6.92 Å². The maximum absolute atomic E-state index is 11.9. The van der Waals surface area contributed by atoms with Crippen molar-refractivity contribution in [1.82, 2.24) is 0 Å². The Balaban J connectivity index is 1.95. The van der Waals surface area contributed by atoms with Gasteiger partial charge in [0.25, 0.3) is 5.91 Å². The maximum Gasteiger partial charge on any atom is 0.338 e. The molecule has 0 heterocycles. The molecule has 1 amide bonds. The summed E-state index contributed by atoms with van der Waals surface area (Å²) in [7, 11) is 0. The normalized spacial score (nSPS) is 10.1. The first kappa shape index (κ1) is 18.1. The zero-order chi connectivity index (χ0) is 17.5. The molecule has 0 aliphatic heterocycles. The predicted molar refractivity (Wildman–Crippen MR) is 93.0 cm³/mol. The average molecular weight is 368 g/mol. The van der Waals surface area contributed by atoms with Crippen LogP contribution in [-0.2, 0) is 9.53 Å². The quantitative estimate of drug-likeness (QED) is 0.777. The molecule has 0 unspecified atom stereocenters. The topological polar surface area (TPSA) is 64.6 Å². The highest BCUT2D eigenvalue weighted by Gasteiger charge is 2.10. The molecule has 24 heavy (non-hydrogen) atoms. The summed E-state index contributed by atoms with van der Waals surface area (Å²) in [6.07, 6.45) is 0. The van der Waals surface area contributed by atoms with E-state index < -0.39 is 11.9 Å². The van der Waals surface area contributed by atoms with E-state index in [1.54, 1.807) is 43.3 Å². The third kappa shape index (κ3) is 5.15. The lowest BCUT2D eigenvalue weighted by atomic mass is 10.2. The van der Waals surface area contributed by atoms with E-state index in [1.165, 1.54) is 6.07 Å². The Bertz CT molecular complexity index is 749. The fourth-order valence-corrected chi connectivity index (χ4v) is 2.19. The van der Waals surface area contributed by atoms with E-state index in [0.29, 0.717) is 27.0 Å². The minimum absolute atomic E-state index is 0.241. The average Bonchev–Trinajstić information content (AvgIpc) is 2.57. The summed E-state index contributed by atoms with van der Waals surface area (Å²) in [6, 6.07) is 11.2. The highest BCUT2D eigenvalue weighted by atomic mass is 35.5. The molecule has 0 radical (unpaired) electrons. The lowest BCUT2D eigenvalue weighted by molar-refractivity contribution is -0.118. The minimum Gasteiger partial charge on any atom is -0.484 e. The minimum atomic E-state index is -0.446. The van der Waals surface area contributed by atoms with Crippen molar-refractivity contribution in [2.24, 2.45) is 0 Å². The summed E-state index contributed by atoms with van der Waals surface area (Å²) in [6.45, 7) is 1.77. The number of halogens is 2. The molecule has 1 N–H and O–H groups in total. The molecule has 0 bridgehead atoms. The van der Waals surface area contributed by atoms with Gasteiger partial charge < -0.3 is 14.8 Å². The number of carbonyl (C=O) groups excluding carboxylic acids is 2. The third-order valence-corrected chi connectivity index (χ3v) is 3.48. The summed E-state index contributed by atoms with van der Waals surface area (Å²) in [5.41, 5.74) is 0.755. The number of amides is 1. The van der Waals surface area contributed by atoms with Crippen molar-refractivity contribution in [3.63, 3.8) is 0 Å². The molecule has 0 saturated heterocycles. The van der Waals surface area contributed by atoms with Crippen LogP contribution in [0.2, 0.25) is 10.0 Å². The number of hydrogen-bond donors (Lipinski definition) is 1. The number of anilines is 1. The van der Waals surface area contributed by atoms with E-state index in [4.69, 9.17) is 32.7 Å². The van der Waals surface area contributed by atoms with E-state index in [1.807, 2.05) is 0 Å². The third-order valence-electron chi connectivity index (χ3n) is 2.92. The van der Waals surface area contributed by atoms with Crippen LogP contribution in [0.3, 0.4) is 0 Å². The van der Waals surface area contributed by atoms with E-state index in [9.17, 15) is 9.59 Å². The van der Waals surface area contributed by atoms with Crippen molar-refractivity contribution < 1.29 is 19.1 Å². The molecule has 5 nitrogen and oxygen atoms in total. The van der Waals surface area contributed by atoms with E-state index in [2.05, 4.69) is 5.32 Å². The summed E-state index contributed by atoms with van der Waals surface area (Å²) in [5.74, 6) is -0.466. The van der Waals surface area contributed by atoms with Gasteiger partial charge in [-0.05, 0) is 43.3 Å². The second kappa shape index (κ2) is 8.57. The molecule has 0 aliphatic rings. The van der Waals surface area contributed by atoms with Gasteiger partial charge in [-0.2, -0.15) is 0 Å². The Morgan fingerprint density at radius 3 is 2.67 bits per heavy atom. The summed E-state index contributed by atoms with van der Waals surface area (Å²) in [4.78, 5) is 23.6. The highest BCUT2D eigenvalue weighted by Crippen LogP contribution is 2.25. The van der Waals surface area contributed by atoms with E-state index >= 15 is 0 Å². The van der Waals surface area contributed by atoms with Crippen LogP contribution in [0, 0.1) is 0 Å². The van der Waals surface area contributed by atoms with Gasteiger partial charge in [0.1, 0.15) is 5.75 Å².